The minimum absolute atomic E-state index is 0.0739. The maximum absolute atomic E-state index is 12.2. The van der Waals surface area contributed by atoms with Crippen molar-refractivity contribution < 1.29 is 4.79 Å². The number of hydrogen-bond donors (Lipinski definition) is 1. The summed E-state index contributed by atoms with van der Waals surface area (Å²) in [5.41, 5.74) is 4.72. The van der Waals surface area contributed by atoms with Crippen LogP contribution in [0.25, 0.3) is 5.65 Å². The second-order valence-electron chi connectivity index (χ2n) is 5.18. The molecule has 0 bridgehead atoms. The van der Waals surface area contributed by atoms with Gasteiger partial charge in [0.1, 0.15) is 5.65 Å². The van der Waals surface area contributed by atoms with Gasteiger partial charge in [-0.05, 0) is 49.2 Å². The summed E-state index contributed by atoms with van der Waals surface area (Å²) in [6.07, 6.45) is 3.87. The van der Waals surface area contributed by atoms with Crippen LogP contribution < -0.4 is 5.32 Å². The molecule has 0 unspecified atom stereocenters. The summed E-state index contributed by atoms with van der Waals surface area (Å²) < 4.78 is 1.94. The number of carbonyl (C=O) groups excluding carboxylic acids is 1. The molecule has 4 nitrogen and oxygen atoms in total. The Hall–Kier alpha value is -2.62. The molecule has 21 heavy (non-hydrogen) atoms. The van der Waals surface area contributed by atoms with Crippen molar-refractivity contribution >= 4 is 11.6 Å². The first-order chi connectivity index (χ1) is 10.1. The fourth-order valence-corrected chi connectivity index (χ4v) is 2.23. The summed E-state index contributed by atoms with van der Waals surface area (Å²) in [6.45, 7) is 4.47. The molecule has 0 spiro atoms. The molecule has 0 fully saturated rings. The van der Waals surface area contributed by atoms with Gasteiger partial charge in [-0.25, -0.2) is 4.98 Å². The first-order valence-corrected chi connectivity index (χ1v) is 6.91. The van der Waals surface area contributed by atoms with E-state index in [0.29, 0.717) is 12.1 Å². The number of carbonyl (C=O) groups is 1. The van der Waals surface area contributed by atoms with Crippen molar-refractivity contribution in [2.45, 2.75) is 20.4 Å². The van der Waals surface area contributed by atoms with E-state index in [9.17, 15) is 4.79 Å². The van der Waals surface area contributed by atoms with E-state index in [-0.39, 0.29) is 5.91 Å². The molecule has 0 saturated carbocycles. The van der Waals surface area contributed by atoms with E-state index in [4.69, 9.17) is 0 Å². The molecule has 0 atom stereocenters. The van der Waals surface area contributed by atoms with E-state index in [2.05, 4.69) is 10.3 Å². The number of nitrogens with one attached hydrogen (secondary N) is 1. The number of aromatic nitrogens is 2. The monoisotopic (exact) mass is 279 g/mol. The smallest absolute Gasteiger partial charge is 0.251 e. The Morgan fingerprint density at radius 2 is 2.05 bits per heavy atom. The van der Waals surface area contributed by atoms with E-state index >= 15 is 0 Å². The SMILES string of the molecule is Cc1ccc(C(=O)NCc2cn3ccccc3n2)cc1C. The lowest BCUT2D eigenvalue weighted by atomic mass is 10.1. The molecule has 2 aromatic heterocycles. The summed E-state index contributed by atoms with van der Waals surface area (Å²) in [5.74, 6) is -0.0739. The summed E-state index contributed by atoms with van der Waals surface area (Å²) in [4.78, 5) is 16.6. The zero-order valence-corrected chi connectivity index (χ0v) is 12.1. The zero-order valence-electron chi connectivity index (χ0n) is 12.1. The largest absolute Gasteiger partial charge is 0.346 e. The molecule has 0 aliphatic heterocycles. The van der Waals surface area contributed by atoms with Gasteiger partial charge in [0.2, 0.25) is 0 Å². The lowest BCUT2D eigenvalue weighted by molar-refractivity contribution is 0.0950. The van der Waals surface area contributed by atoms with Gasteiger partial charge in [-0.2, -0.15) is 0 Å². The molecule has 1 N–H and O–H groups in total. The van der Waals surface area contributed by atoms with Gasteiger partial charge in [0.25, 0.3) is 5.91 Å². The average molecular weight is 279 g/mol. The van der Waals surface area contributed by atoms with E-state index < -0.39 is 0 Å². The average Bonchev–Trinajstić information content (AvgIpc) is 2.90. The molecule has 0 aliphatic carbocycles. The molecule has 3 rings (SSSR count). The molecule has 0 saturated heterocycles. The Bertz CT molecular complexity index is 772. The first-order valence-electron chi connectivity index (χ1n) is 6.91. The predicted octanol–water partition coefficient (Wildman–Crippen LogP) is 2.88. The van der Waals surface area contributed by atoms with Gasteiger partial charge < -0.3 is 9.72 Å². The molecule has 3 aromatic rings. The van der Waals surface area contributed by atoms with Crippen molar-refractivity contribution in [1.29, 1.82) is 0 Å². The summed E-state index contributed by atoms with van der Waals surface area (Å²) in [6, 6.07) is 11.6. The van der Waals surface area contributed by atoms with E-state index in [1.165, 1.54) is 5.56 Å². The minimum atomic E-state index is -0.0739. The predicted molar refractivity (Wildman–Crippen MR) is 82.3 cm³/mol. The molecule has 1 amide bonds. The molecular formula is C17H17N3O. The van der Waals surface area contributed by atoms with Crippen LogP contribution in [0.5, 0.6) is 0 Å². The third-order valence-electron chi connectivity index (χ3n) is 3.61. The van der Waals surface area contributed by atoms with E-state index in [1.807, 2.05) is 67.0 Å². The summed E-state index contributed by atoms with van der Waals surface area (Å²) >= 11 is 0. The highest BCUT2D eigenvalue weighted by Crippen LogP contribution is 2.10. The van der Waals surface area contributed by atoms with Crippen molar-refractivity contribution in [2.24, 2.45) is 0 Å². The van der Waals surface area contributed by atoms with Crippen LogP contribution in [0.15, 0.2) is 48.8 Å². The van der Waals surface area contributed by atoms with Gasteiger partial charge in [0, 0.05) is 18.0 Å². The highest BCUT2D eigenvalue weighted by Gasteiger charge is 2.07. The molecule has 2 heterocycles. The highest BCUT2D eigenvalue weighted by atomic mass is 16.1. The Morgan fingerprint density at radius 1 is 1.19 bits per heavy atom. The lowest BCUT2D eigenvalue weighted by Gasteiger charge is -2.06. The lowest BCUT2D eigenvalue weighted by Crippen LogP contribution is -2.23. The number of pyridine rings is 1. The number of aryl methyl sites for hydroxylation is 2. The van der Waals surface area contributed by atoms with Crippen LogP contribution in [0.4, 0.5) is 0 Å². The molecule has 106 valence electrons. The Balaban J connectivity index is 1.71. The minimum Gasteiger partial charge on any atom is -0.346 e. The van der Waals surface area contributed by atoms with Crippen LogP contribution in [-0.4, -0.2) is 15.3 Å². The van der Waals surface area contributed by atoms with Gasteiger partial charge >= 0.3 is 0 Å². The van der Waals surface area contributed by atoms with Crippen molar-refractivity contribution in [3.63, 3.8) is 0 Å². The third-order valence-corrected chi connectivity index (χ3v) is 3.61. The van der Waals surface area contributed by atoms with Crippen LogP contribution in [0.2, 0.25) is 0 Å². The van der Waals surface area contributed by atoms with Crippen LogP contribution in [0, 0.1) is 13.8 Å². The first kappa shape index (κ1) is 13.4. The summed E-state index contributed by atoms with van der Waals surface area (Å²) in [7, 11) is 0. The Labute approximate surface area is 123 Å². The van der Waals surface area contributed by atoms with E-state index in [1.54, 1.807) is 0 Å². The Morgan fingerprint density at radius 3 is 2.81 bits per heavy atom. The second-order valence-corrected chi connectivity index (χ2v) is 5.18. The fraction of sp³-hybridized carbons (Fsp3) is 0.176. The van der Waals surface area contributed by atoms with Crippen LogP contribution in [-0.2, 0) is 6.54 Å². The standard InChI is InChI=1S/C17H17N3O/c1-12-6-7-14(9-13(12)2)17(21)18-10-15-11-20-8-4-3-5-16(20)19-15/h3-9,11H,10H2,1-2H3,(H,18,21). The van der Waals surface area contributed by atoms with Crippen molar-refractivity contribution in [1.82, 2.24) is 14.7 Å². The number of benzene rings is 1. The topological polar surface area (TPSA) is 46.4 Å². The molecule has 0 aliphatic rings. The summed E-state index contributed by atoms with van der Waals surface area (Å²) in [5, 5.41) is 2.91. The van der Waals surface area contributed by atoms with Gasteiger partial charge in [0.15, 0.2) is 0 Å². The maximum Gasteiger partial charge on any atom is 0.251 e. The maximum atomic E-state index is 12.2. The van der Waals surface area contributed by atoms with E-state index in [0.717, 1.165) is 16.9 Å². The molecule has 1 aromatic carbocycles. The third kappa shape index (κ3) is 2.79. The normalized spacial score (nSPS) is 10.8. The van der Waals surface area contributed by atoms with Crippen molar-refractivity contribution in [2.75, 3.05) is 0 Å². The van der Waals surface area contributed by atoms with Gasteiger partial charge in [-0.15, -0.1) is 0 Å². The zero-order chi connectivity index (χ0) is 14.8. The number of nitrogens with zero attached hydrogens (tertiary/aromatic N) is 2. The fourth-order valence-electron chi connectivity index (χ4n) is 2.23. The molecule has 0 radical (unpaired) electrons. The van der Waals surface area contributed by atoms with Gasteiger partial charge in [-0.1, -0.05) is 12.1 Å². The van der Waals surface area contributed by atoms with Crippen LogP contribution >= 0.6 is 0 Å². The molecular weight excluding hydrogens is 262 g/mol. The van der Waals surface area contributed by atoms with Gasteiger partial charge in [0.05, 0.1) is 12.2 Å². The number of amides is 1. The number of fused-ring (bicyclic) bond motifs is 1. The van der Waals surface area contributed by atoms with Crippen molar-refractivity contribution in [3.05, 3.63) is 71.2 Å². The van der Waals surface area contributed by atoms with Gasteiger partial charge in [-0.3, -0.25) is 4.79 Å². The second kappa shape index (κ2) is 5.40. The van der Waals surface area contributed by atoms with Crippen LogP contribution in [0.3, 0.4) is 0 Å². The number of imidazole rings is 1. The molecule has 4 heteroatoms. The number of hydrogen-bond acceptors (Lipinski definition) is 2. The quantitative estimate of drug-likeness (QED) is 0.801. The highest BCUT2D eigenvalue weighted by molar-refractivity contribution is 5.94. The van der Waals surface area contributed by atoms with Crippen molar-refractivity contribution in [3.8, 4) is 0 Å². The number of rotatable bonds is 3. The van der Waals surface area contributed by atoms with Crippen LogP contribution in [0.1, 0.15) is 27.2 Å². The Kier molecular flexibility index (Phi) is 3.44.